The van der Waals surface area contributed by atoms with Gasteiger partial charge in [0, 0.05) is 35.0 Å². The Morgan fingerprint density at radius 1 is 1.30 bits per heavy atom. The largest absolute Gasteiger partial charge is 0.496 e. The molecule has 1 N–H and O–H groups in total. The van der Waals surface area contributed by atoms with Gasteiger partial charge < -0.3 is 10.1 Å². The maximum absolute atomic E-state index is 10.8. The molecule has 2 rings (SSSR count). The molecule has 0 unspecified atom stereocenters. The van der Waals surface area contributed by atoms with Crippen molar-refractivity contribution in [3.05, 3.63) is 63.2 Å². The van der Waals surface area contributed by atoms with E-state index in [-0.39, 0.29) is 5.69 Å². The highest BCUT2D eigenvalue weighted by atomic mass is 35.5. The summed E-state index contributed by atoms with van der Waals surface area (Å²) in [5, 5.41) is 14.6. The zero-order valence-electron chi connectivity index (χ0n) is 10.8. The zero-order valence-corrected chi connectivity index (χ0v) is 11.6. The molecule has 104 valence electrons. The molecule has 0 fully saturated rings. The van der Waals surface area contributed by atoms with Crippen LogP contribution in [0.3, 0.4) is 0 Å². The van der Waals surface area contributed by atoms with E-state index in [1.807, 2.05) is 12.1 Å². The lowest BCUT2D eigenvalue weighted by atomic mass is 10.1. The van der Waals surface area contributed by atoms with E-state index in [0.29, 0.717) is 22.9 Å². The molecule has 0 heterocycles. The van der Waals surface area contributed by atoms with E-state index < -0.39 is 4.92 Å². The average molecular weight is 293 g/mol. The quantitative estimate of drug-likeness (QED) is 0.671. The third kappa shape index (κ3) is 3.39. The number of nitro groups is 1. The molecule has 6 heteroatoms. The van der Waals surface area contributed by atoms with Crippen molar-refractivity contribution in [1.82, 2.24) is 0 Å². The second-order valence-electron chi connectivity index (χ2n) is 4.12. The summed E-state index contributed by atoms with van der Waals surface area (Å²) >= 11 is 5.90. The van der Waals surface area contributed by atoms with Gasteiger partial charge in [0.05, 0.1) is 12.0 Å². The van der Waals surface area contributed by atoms with Gasteiger partial charge in [0.25, 0.3) is 5.69 Å². The normalized spacial score (nSPS) is 10.1. The van der Waals surface area contributed by atoms with E-state index in [0.717, 1.165) is 5.69 Å². The monoisotopic (exact) mass is 292 g/mol. The Bertz CT molecular complexity index is 632. The van der Waals surface area contributed by atoms with Crippen LogP contribution in [0.4, 0.5) is 11.4 Å². The van der Waals surface area contributed by atoms with Crippen molar-refractivity contribution >= 4 is 23.0 Å². The van der Waals surface area contributed by atoms with E-state index >= 15 is 0 Å². The molecule has 0 atom stereocenters. The zero-order chi connectivity index (χ0) is 14.5. The minimum absolute atomic E-state index is 0.0358. The van der Waals surface area contributed by atoms with Crippen molar-refractivity contribution in [2.75, 3.05) is 12.4 Å². The van der Waals surface area contributed by atoms with E-state index in [1.54, 1.807) is 18.2 Å². The predicted octanol–water partition coefficient (Wildman–Crippen LogP) is 3.87. The highest BCUT2D eigenvalue weighted by Crippen LogP contribution is 2.25. The van der Waals surface area contributed by atoms with E-state index in [2.05, 4.69) is 5.32 Å². The Morgan fingerprint density at radius 3 is 2.75 bits per heavy atom. The van der Waals surface area contributed by atoms with Crippen LogP contribution in [-0.4, -0.2) is 12.0 Å². The Balaban J connectivity index is 2.19. The Morgan fingerprint density at radius 2 is 2.10 bits per heavy atom. The maximum Gasteiger partial charge on any atom is 0.270 e. The fourth-order valence-corrected chi connectivity index (χ4v) is 2.00. The highest BCUT2D eigenvalue weighted by molar-refractivity contribution is 6.30. The second-order valence-corrected chi connectivity index (χ2v) is 4.55. The van der Waals surface area contributed by atoms with Crippen LogP contribution >= 0.6 is 11.6 Å². The molecule has 0 saturated heterocycles. The van der Waals surface area contributed by atoms with Gasteiger partial charge in [-0.1, -0.05) is 17.7 Å². The lowest BCUT2D eigenvalue weighted by Gasteiger charge is -2.10. The second kappa shape index (κ2) is 6.25. The number of non-ortho nitro benzene ring substituents is 1. The van der Waals surface area contributed by atoms with Crippen molar-refractivity contribution in [2.45, 2.75) is 6.54 Å². The van der Waals surface area contributed by atoms with Gasteiger partial charge in [-0.3, -0.25) is 10.1 Å². The minimum Gasteiger partial charge on any atom is -0.496 e. The molecule has 0 spiro atoms. The minimum atomic E-state index is -0.428. The van der Waals surface area contributed by atoms with Gasteiger partial charge in [-0.15, -0.1) is 0 Å². The summed E-state index contributed by atoms with van der Waals surface area (Å²) in [4.78, 5) is 10.4. The molecular weight excluding hydrogens is 280 g/mol. The predicted molar refractivity (Wildman–Crippen MR) is 78.4 cm³/mol. The molecule has 2 aromatic carbocycles. The number of nitrogens with zero attached hydrogens (tertiary/aromatic N) is 1. The summed E-state index contributed by atoms with van der Waals surface area (Å²) in [6, 6.07) is 11.8. The van der Waals surface area contributed by atoms with Gasteiger partial charge in [-0.25, -0.2) is 0 Å². The molecule has 0 aliphatic carbocycles. The lowest BCUT2D eigenvalue weighted by Crippen LogP contribution is -2.02. The van der Waals surface area contributed by atoms with Crippen LogP contribution in [0.2, 0.25) is 5.02 Å². The number of hydrogen-bond donors (Lipinski definition) is 1. The number of anilines is 1. The topological polar surface area (TPSA) is 64.4 Å². The molecule has 20 heavy (non-hydrogen) atoms. The summed E-state index contributed by atoms with van der Waals surface area (Å²) in [6.45, 7) is 0.408. The fourth-order valence-electron chi connectivity index (χ4n) is 1.81. The Kier molecular flexibility index (Phi) is 4.42. The molecule has 2 aromatic rings. The van der Waals surface area contributed by atoms with Crippen LogP contribution in [0.25, 0.3) is 0 Å². The first-order valence-corrected chi connectivity index (χ1v) is 6.28. The molecule has 0 aliphatic rings. The summed E-state index contributed by atoms with van der Waals surface area (Å²) in [6.07, 6.45) is 0. The standard InChI is InChI=1S/C14H13ClN2O3/c1-20-14-6-5-13(17(18)19)7-10(14)9-16-12-4-2-3-11(15)8-12/h2-8,16H,9H2,1H3. The molecule has 0 radical (unpaired) electrons. The molecule has 5 nitrogen and oxygen atoms in total. The number of hydrogen-bond acceptors (Lipinski definition) is 4. The third-order valence-electron chi connectivity index (χ3n) is 2.78. The van der Waals surface area contributed by atoms with Crippen molar-refractivity contribution in [2.24, 2.45) is 0 Å². The lowest BCUT2D eigenvalue weighted by molar-refractivity contribution is -0.384. The molecule has 0 saturated carbocycles. The average Bonchev–Trinajstić information content (AvgIpc) is 2.44. The first-order valence-electron chi connectivity index (χ1n) is 5.91. The van der Waals surface area contributed by atoms with Crippen molar-refractivity contribution in [3.63, 3.8) is 0 Å². The van der Waals surface area contributed by atoms with Gasteiger partial charge in [-0.2, -0.15) is 0 Å². The number of methoxy groups -OCH3 is 1. The molecule has 0 bridgehead atoms. The number of nitro benzene ring substituents is 1. The van der Waals surface area contributed by atoms with Crippen LogP contribution in [-0.2, 0) is 6.54 Å². The van der Waals surface area contributed by atoms with Crippen molar-refractivity contribution in [1.29, 1.82) is 0 Å². The van der Waals surface area contributed by atoms with E-state index in [9.17, 15) is 10.1 Å². The number of ether oxygens (including phenoxy) is 1. The number of benzene rings is 2. The first kappa shape index (κ1) is 14.1. The molecule has 0 aliphatic heterocycles. The van der Waals surface area contributed by atoms with Gasteiger partial charge in [-0.05, 0) is 24.3 Å². The highest BCUT2D eigenvalue weighted by Gasteiger charge is 2.11. The van der Waals surface area contributed by atoms with Crippen LogP contribution in [0.5, 0.6) is 5.75 Å². The van der Waals surface area contributed by atoms with Gasteiger partial charge in [0.1, 0.15) is 5.75 Å². The van der Waals surface area contributed by atoms with Gasteiger partial charge in [0.15, 0.2) is 0 Å². The molecule has 0 amide bonds. The molecule has 0 aromatic heterocycles. The SMILES string of the molecule is COc1ccc([N+](=O)[O-])cc1CNc1cccc(Cl)c1. The van der Waals surface area contributed by atoms with Crippen LogP contribution in [0, 0.1) is 10.1 Å². The Hall–Kier alpha value is -2.27. The van der Waals surface area contributed by atoms with E-state index in [1.165, 1.54) is 19.2 Å². The first-order chi connectivity index (χ1) is 9.60. The van der Waals surface area contributed by atoms with Crippen LogP contribution in [0.1, 0.15) is 5.56 Å². The number of halogens is 1. The Labute approximate surface area is 121 Å². The summed E-state index contributed by atoms with van der Waals surface area (Å²) in [7, 11) is 1.53. The third-order valence-corrected chi connectivity index (χ3v) is 3.02. The summed E-state index contributed by atoms with van der Waals surface area (Å²) in [5.74, 6) is 0.602. The van der Waals surface area contributed by atoms with Gasteiger partial charge >= 0.3 is 0 Å². The summed E-state index contributed by atoms with van der Waals surface area (Å²) < 4.78 is 5.20. The van der Waals surface area contributed by atoms with Crippen molar-refractivity contribution < 1.29 is 9.66 Å². The fraction of sp³-hybridized carbons (Fsp3) is 0.143. The number of nitrogens with one attached hydrogen (secondary N) is 1. The maximum atomic E-state index is 10.8. The summed E-state index contributed by atoms with van der Waals surface area (Å²) in [5.41, 5.74) is 1.58. The van der Waals surface area contributed by atoms with Crippen LogP contribution in [0.15, 0.2) is 42.5 Å². The van der Waals surface area contributed by atoms with Gasteiger partial charge in [0.2, 0.25) is 0 Å². The van der Waals surface area contributed by atoms with Crippen LogP contribution < -0.4 is 10.1 Å². The van der Waals surface area contributed by atoms with E-state index in [4.69, 9.17) is 16.3 Å². The van der Waals surface area contributed by atoms with Crippen molar-refractivity contribution in [3.8, 4) is 5.75 Å². The number of rotatable bonds is 5. The molecular formula is C14H13ClN2O3. The smallest absolute Gasteiger partial charge is 0.270 e.